The number of alkyl halides is 1. The Hall–Kier alpha value is -1.16. The number of nitrogens with zero attached hydrogens (tertiary/aromatic N) is 2. The quantitative estimate of drug-likeness (QED) is 0.746. The average Bonchev–Trinajstić information content (AvgIpc) is 2.38. The molecule has 1 aromatic heterocycles. The van der Waals surface area contributed by atoms with Crippen molar-refractivity contribution in [2.45, 2.75) is 32.7 Å². The van der Waals surface area contributed by atoms with E-state index in [4.69, 9.17) is 11.6 Å². The summed E-state index contributed by atoms with van der Waals surface area (Å²) in [6.45, 7) is 4.50. The van der Waals surface area contributed by atoms with Crippen LogP contribution in [0.15, 0.2) is 18.5 Å². The van der Waals surface area contributed by atoms with Gasteiger partial charge in [0.15, 0.2) is 0 Å². The average molecular weight is 273 g/mol. The standard InChI is InChI=1S/C13H18ClFN2O/c1-3-12(4-2)17(6-5-14)13(18)10-7-11(15)9-16-8-10/h7-9,12H,3-6H2,1-2H3. The summed E-state index contributed by atoms with van der Waals surface area (Å²) in [6.07, 6.45) is 4.17. The Kier molecular flexibility index (Phi) is 6.05. The van der Waals surface area contributed by atoms with Crippen LogP contribution in [0, 0.1) is 5.82 Å². The Morgan fingerprint density at radius 2 is 2.11 bits per heavy atom. The molecule has 0 saturated carbocycles. The highest BCUT2D eigenvalue weighted by molar-refractivity contribution is 6.18. The van der Waals surface area contributed by atoms with E-state index >= 15 is 0 Å². The lowest BCUT2D eigenvalue weighted by atomic mass is 10.1. The molecule has 100 valence electrons. The molecule has 0 aliphatic carbocycles. The molecule has 1 amide bonds. The third kappa shape index (κ3) is 3.67. The van der Waals surface area contributed by atoms with E-state index in [1.807, 2.05) is 13.8 Å². The van der Waals surface area contributed by atoms with Crippen molar-refractivity contribution in [1.29, 1.82) is 0 Å². The van der Waals surface area contributed by atoms with E-state index in [-0.39, 0.29) is 17.5 Å². The molecule has 1 heterocycles. The van der Waals surface area contributed by atoms with Crippen LogP contribution in [0.1, 0.15) is 37.0 Å². The molecule has 18 heavy (non-hydrogen) atoms. The molecule has 1 aromatic rings. The first-order valence-corrected chi connectivity index (χ1v) is 6.64. The van der Waals surface area contributed by atoms with Crippen molar-refractivity contribution in [3.8, 4) is 0 Å². The number of carbonyl (C=O) groups excluding carboxylic acids is 1. The molecule has 0 saturated heterocycles. The number of aromatic nitrogens is 1. The molecule has 0 aliphatic rings. The maximum Gasteiger partial charge on any atom is 0.255 e. The van der Waals surface area contributed by atoms with Gasteiger partial charge in [-0.1, -0.05) is 13.8 Å². The lowest BCUT2D eigenvalue weighted by molar-refractivity contribution is 0.0680. The Morgan fingerprint density at radius 3 is 2.61 bits per heavy atom. The molecule has 0 aliphatic heterocycles. The molecular weight excluding hydrogens is 255 g/mol. The van der Waals surface area contributed by atoms with Crippen molar-refractivity contribution in [1.82, 2.24) is 9.88 Å². The smallest absolute Gasteiger partial charge is 0.255 e. The lowest BCUT2D eigenvalue weighted by Gasteiger charge is -2.30. The zero-order valence-corrected chi connectivity index (χ0v) is 11.5. The number of carbonyl (C=O) groups is 1. The Balaban J connectivity index is 2.95. The SMILES string of the molecule is CCC(CC)N(CCCl)C(=O)c1cncc(F)c1. The van der Waals surface area contributed by atoms with Crippen LogP contribution in [-0.2, 0) is 0 Å². The van der Waals surface area contributed by atoms with E-state index in [2.05, 4.69) is 4.98 Å². The number of pyridine rings is 1. The molecule has 0 aromatic carbocycles. The van der Waals surface area contributed by atoms with Crippen molar-refractivity contribution < 1.29 is 9.18 Å². The van der Waals surface area contributed by atoms with Crippen LogP contribution >= 0.6 is 11.6 Å². The molecule has 0 bridgehead atoms. The molecule has 0 fully saturated rings. The summed E-state index contributed by atoms with van der Waals surface area (Å²) in [5, 5.41) is 0. The summed E-state index contributed by atoms with van der Waals surface area (Å²) in [5.41, 5.74) is 0.270. The zero-order chi connectivity index (χ0) is 13.5. The second-order valence-electron chi connectivity index (χ2n) is 4.05. The van der Waals surface area contributed by atoms with E-state index in [0.717, 1.165) is 19.0 Å². The topological polar surface area (TPSA) is 33.2 Å². The fourth-order valence-corrected chi connectivity index (χ4v) is 2.15. The molecule has 0 spiro atoms. The van der Waals surface area contributed by atoms with Crippen molar-refractivity contribution in [2.24, 2.45) is 0 Å². The van der Waals surface area contributed by atoms with Gasteiger partial charge in [0.1, 0.15) is 5.82 Å². The van der Waals surface area contributed by atoms with Crippen LogP contribution < -0.4 is 0 Å². The second kappa shape index (κ2) is 7.31. The highest BCUT2D eigenvalue weighted by atomic mass is 35.5. The number of rotatable bonds is 6. The van der Waals surface area contributed by atoms with Crippen molar-refractivity contribution >= 4 is 17.5 Å². The molecule has 0 radical (unpaired) electrons. The fourth-order valence-electron chi connectivity index (χ4n) is 1.97. The molecule has 5 heteroatoms. The van der Waals surface area contributed by atoms with Gasteiger partial charge in [0.25, 0.3) is 5.91 Å². The third-order valence-corrected chi connectivity index (χ3v) is 3.09. The minimum absolute atomic E-state index is 0.125. The summed E-state index contributed by atoms with van der Waals surface area (Å²) in [5.74, 6) is -0.349. The molecule has 0 unspecified atom stereocenters. The van der Waals surface area contributed by atoms with E-state index in [1.165, 1.54) is 12.3 Å². The van der Waals surface area contributed by atoms with E-state index < -0.39 is 5.82 Å². The van der Waals surface area contributed by atoms with Gasteiger partial charge in [-0.2, -0.15) is 0 Å². The Labute approximate surface area is 112 Å². The van der Waals surface area contributed by atoms with Gasteiger partial charge in [0.05, 0.1) is 11.8 Å². The van der Waals surface area contributed by atoms with Gasteiger partial charge in [0, 0.05) is 24.7 Å². The largest absolute Gasteiger partial charge is 0.334 e. The molecule has 1 rings (SSSR count). The first-order chi connectivity index (χ1) is 8.63. The lowest BCUT2D eigenvalue weighted by Crippen LogP contribution is -2.41. The predicted molar refractivity (Wildman–Crippen MR) is 70.3 cm³/mol. The first kappa shape index (κ1) is 14.9. The summed E-state index contributed by atoms with van der Waals surface area (Å²) in [7, 11) is 0. The minimum Gasteiger partial charge on any atom is -0.334 e. The molecule has 0 N–H and O–H groups in total. The van der Waals surface area contributed by atoms with Gasteiger partial charge in [-0.25, -0.2) is 4.39 Å². The highest BCUT2D eigenvalue weighted by Crippen LogP contribution is 2.14. The Morgan fingerprint density at radius 1 is 1.44 bits per heavy atom. The summed E-state index contributed by atoms with van der Waals surface area (Å²) >= 11 is 5.73. The zero-order valence-electron chi connectivity index (χ0n) is 10.7. The van der Waals surface area contributed by atoms with Gasteiger partial charge in [-0.15, -0.1) is 11.6 Å². The maximum absolute atomic E-state index is 13.1. The number of amides is 1. The first-order valence-electron chi connectivity index (χ1n) is 6.11. The molecule has 3 nitrogen and oxygen atoms in total. The molecule has 0 atom stereocenters. The summed E-state index contributed by atoms with van der Waals surface area (Å²) in [6, 6.07) is 1.33. The normalized spacial score (nSPS) is 10.7. The van der Waals surface area contributed by atoms with Gasteiger partial charge in [-0.05, 0) is 18.9 Å². The van der Waals surface area contributed by atoms with E-state index in [1.54, 1.807) is 4.90 Å². The van der Waals surface area contributed by atoms with Crippen LogP contribution in [0.3, 0.4) is 0 Å². The van der Waals surface area contributed by atoms with Crippen LogP contribution in [0.4, 0.5) is 4.39 Å². The second-order valence-corrected chi connectivity index (χ2v) is 4.43. The number of hydrogen-bond acceptors (Lipinski definition) is 2. The van der Waals surface area contributed by atoms with Crippen molar-refractivity contribution in [3.63, 3.8) is 0 Å². The van der Waals surface area contributed by atoms with Gasteiger partial charge >= 0.3 is 0 Å². The van der Waals surface area contributed by atoms with Crippen molar-refractivity contribution in [3.05, 3.63) is 29.8 Å². The number of hydrogen-bond donors (Lipinski definition) is 0. The van der Waals surface area contributed by atoms with Crippen LogP contribution in [-0.4, -0.2) is 34.3 Å². The van der Waals surface area contributed by atoms with Crippen LogP contribution in [0.25, 0.3) is 0 Å². The van der Waals surface area contributed by atoms with Gasteiger partial charge in [0.2, 0.25) is 0 Å². The van der Waals surface area contributed by atoms with Crippen molar-refractivity contribution in [2.75, 3.05) is 12.4 Å². The minimum atomic E-state index is -0.503. The van der Waals surface area contributed by atoms with E-state index in [0.29, 0.717) is 12.4 Å². The van der Waals surface area contributed by atoms with Crippen LogP contribution in [0.2, 0.25) is 0 Å². The molecular formula is C13H18ClFN2O. The van der Waals surface area contributed by atoms with Gasteiger partial charge < -0.3 is 4.90 Å². The summed E-state index contributed by atoms with van der Waals surface area (Å²) in [4.78, 5) is 17.7. The maximum atomic E-state index is 13.1. The van der Waals surface area contributed by atoms with Gasteiger partial charge in [-0.3, -0.25) is 9.78 Å². The number of halogens is 2. The third-order valence-electron chi connectivity index (χ3n) is 2.92. The predicted octanol–water partition coefficient (Wildman–Crippen LogP) is 3.09. The fraction of sp³-hybridized carbons (Fsp3) is 0.538. The monoisotopic (exact) mass is 272 g/mol. The van der Waals surface area contributed by atoms with E-state index in [9.17, 15) is 9.18 Å². The highest BCUT2D eigenvalue weighted by Gasteiger charge is 2.22. The Bertz CT molecular complexity index is 396. The summed E-state index contributed by atoms with van der Waals surface area (Å²) < 4.78 is 13.1. The van der Waals surface area contributed by atoms with Crippen LogP contribution in [0.5, 0.6) is 0 Å².